The minimum atomic E-state index is -0.0197. The van der Waals surface area contributed by atoms with Crippen molar-refractivity contribution >= 4 is 38.5 Å². The molecular formula is C8H8BrIN2O. The van der Waals surface area contributed by atoms with Gasteiger partial charge in [-0.15, -0.1) is 0 Å². The smallest absolute Gasteiger partial charge is 0.267 e. The van der Waals surface area contributed by atoms with Crippen molar-refractivity contribution in [1.29, 1.82) is 0 Å². The maximum Gasteiger partial charge on any atom is 0.267 e. The van der Waals surface area contributed by atoms with Gasteiger partial charge in [-0.05, 0) is 29.5 Å². The number of aryl methyl sites for hydroxylation is 1. The highest BCUT2D eigenvalue weighted by molar-refractivity contribution is 14.1. The maximum absolute atomic E-state index is 11.6. The van der Waals surface area contributed by atoms with Crippen LogP contribution in [0.1, 0.15) is 5.69 Å². The van der Waals surface area contributed by atoms with E-state index in [2.05, 4.69) is 27.5 Å². The quantitative estimate of drug-likeness (QED) is 0.762. The average Bonchev–Trinajstić information content (AvgIpc) is 2.06. The molecule has 0 amide bonds. The van der Waals surface area contributed by atoms with Crippen LogP contribution in [0.3, 0.4) is 0 Å². The molecule has 0 N–H and O–H groups in total. The highest BCUT2D eigenvalue weighted by Crippen LogP contribution is 2.05. The number of halogens is 2. The second-order valence-electron chi connectivity index (χ2n) is 2.59. The summed E-state index contributed by atoms with van der Waals surface area (Å²) in [6.45, 7) is 5.95. The summed E-state index contributed by atoms with van der Waals surface area (Å²) in [6, 6.07) is 0. The minimum absolute atomic E-state index is 0.0197. The molecule has 1 aromatic rings. The number of hydrogen-bond donors (Lipinski definition) is 0. The van der Waals surface area contributed by atoms with Gasteiger partial charge in [0.25, 0.3) is 5.56 Å². The fourth-order valence-electron chi connectivity index (χ4n) is 0.844. The first-order valence-corrected chi connectivity index (χ1v) is 5.44. The summed E-state index contributed by atoms with van der Waals surface area (Å²) in [6.07, 6.45) is 1.53. The fourth-order valence-corrected chi connectivity index (χ4v) is 1.56. The van der Waals surface area contributed by atoms with Gasteiger partial charge in [-0.2, -0.15) is 0 Å². The van der Waals surface area contributed by atoms with Crippen molar-refractivity contribution in [3.05, 3.63) is 37.0 Å². The molecule has 0 aliphatic carbocycles. The summed E-state index contributed by atoms with van der Waals surface area (Å²) in [5.74, 6) is 0. The molecule has 0 saturated heterocycles. The van der Waals surface area contributed by atoms with E-state index in [0.29, 0.717) is 10.1 Å². The molecule has 0 aliphatic rings. The zero-order valence-electron chi connectivity index (χ0n) is 7.05. The molecular weight excluding hydrogens is 347 g/mol. The number of rotatable bonds is 2. The van der Waals surface area contributed by atoms with Gasteiger partial charge in [-0.3, -0.25) is 9.36 Å². The van der Waals surface area contributed by atoms with Crippen molar-refractivity contribution in [3.8, 4) is 0 Å². The lowest BCUT2D eigenvalue weighted by atomic mass is 10.4. The van der Waals surface area contributed by atoms with E-state index in [-0.39, 0.29) is 5.56 Å². The zero-order valence-corrected chi connectivity index (χ0v) is 10.8. The minimum Gasteiger partial charge on any atom is -0.293 e. The molecule has 0 aliphatic heterocycles. The lowest BCUT2D eigenvalue weighted by molar-refractivity contribution is 0.736. The molecule has 0 bridgehead atoms. The van der Waals surface area contributed by atoms with Gasteiger partial charge >= 0.3 is 0 Å². The van der Waals surface area contributed by atoms with E-state index in [0.717, 1.165) is 10.2 Å². The van der Waals surface area contributed by atoms with Gasteiger partial charge in [0.2, 0.25) is 0 Å². The highest BCUT2D eigenvalue weighted by Gasteiger charge is 2.04. The van der Waals surface area contributed by atoms with Crippen LogP contribution in [0.25, 0.3) is 0 Å². The lowest BCUT2D eigenvalue weighted by Crippen LogP contribution is -2.24. The molecule has 1 rings (SSSR count). The predicted octanol–water partition coefficient (Wildman–Crippen LogP) is 2.06. The molecule has 3 nitrogen and oxygen atoms in total. The van der Waals surface area contributed by atoms with Crippen LogP contribution >= 0.6 is 38.5 Å². The molecule has 0 spiro atoms. The summed E-state index contributed by atoms with van der Waals surface area (Å²) in [4.78, 5) is 15.7. The molecule has 70 valence electrons. The van der Waals surface area contributed by atoms with Crippen molar-refractivity contribution in [3.63, 3.8) is 0 Å². The van der Waals surface area contributed by atoms with Crippen LogP contribution < -0.4 is 5.56 Å². The van der Waals surface area contributed by atoms with Gasteiger partial charge in [-0.25, -0.2) is 4.98 Å². The van der Waals surface area contributed by atoms with Crippen LogP contribution in [0.4, 0.5) is 0 Å². The standard InChI is InChI=1S/C8H8BrIN2O/c1-5(9)3-12-4-11-6(2)7(10)8(12)13/h4H,1,3H2,2H3. The highest BCUT2D eigenvalue weighted by atomic mass is 127. The predicted molar refractivity (Wildman–Crippen MR) is 64.0 cm³/mol. The second-order valence-corrected chi connectivity index (χ2v) is 4.79. The lowest BCUT2D eigenvalue weighted by Gasteiger charge is -2.04. The van der Waals surface area contributed by atoms with E-state index in [4.69, 9.17) is 0 Å². The third-order valence-corrected chi connectivity index (χ3v) is 2.99. The van der Waals surface area contributed by atoms with Crippen molar-refractivity contribution in [2.24, 2.45) is 0 Å². The number of allylic oxidation sites excluding steroid dienone is 1. The van der Waals surface area contributed by atoms with E-state index in [1.54, 1.807) is 0 Å². The largest absolute Gasteiger partial charge is 0.293 e. The van der Waals surface area contributed by atoms with Crippen molar-refractivity contribution in [2.45, 2.75) is 13.5 Å². The number of aromatic nitrogens is 2. The molecule has 0 radical (unpaired) electrons. The van der Waals surface area contributed by atoms with Crippen molar-refractivity contribution < 1.29 is 0 Å². The van der Waals surface area contributed by atoms with Gasteiger partial charge in [0.15, 0.2) is 0 Å². The summed E-state index contributed by atoms with van der Waals surface area (Å²) >= 11 is 5.20. The first-order valence-electron chi connectivity index (χ1n) is 3.57. The van der Waals surface area contributed by atoms with E-state index in [1.807, 2.05) is 29.5 Å². The van der Waals surface area contributed by atoms with Crippen LogP contribution in [0, 0.1) is 10.5 Å². The molecule has 0 aromatic carbocycles. The summed E-state index contributed by atoms with van der Waals surface area (Å²) in [5, 5.41) is 0. The van der Waals surface area contributed by atoms with Gasteiger partial charge in [0, 0.05) is 4.48 Å². The molecule has 13 heavy (non-hydrogen) atoms. The first kappa shape index (κ1) is 10.9. The molecule has 0 unspecified atom stereocenters. The van der Waals surface area contributed by atoms with Crippen LogP contribution in [-0.2, 0) is 6.54 Å². The second kappa shape index (κ2) is 4.36. The molecule has 0 saturated carbocycles. The Morgan fingerprint density at radius 3 is 3.00 bits per heavy atom. The summed E-state index contributed by atoms with van der Waals surface area (Å²) in [5.41, 5.74) is 0.746. The normalized spacial score (nSPS) is 10.1. The number of hydrogen-bond acceptors (Lipinski definition) is 2. The van der Waals surface area contributed by atoms with Crippen molar-refractivity contribution in [1.82, 2.24) is 9.55 Å². The van der Waals surface area contributed by atoms with Crippen LogP contribution in [0.2, 0.25) is 0 Å². The SMILES string of the molecule is C=C(Br)Cn1cnc(C)c(I)c1=O. The van der Waals surface area contributed by atoms with Crippen LogP contribution in [-0.4, -0.2) is 9.55 Å². The zero-order chi connectivity index (χ0) is 10.0. The molecule has 5 heteroatoms. The Labute approximate surface area is 98.1 Å². The summed E-state index contributed by atoms with van der Waals surface area (Å²) < 4.78 is 2.94. The monoisotopic (exact) mass is 354 g/mol. The van der Waals surface area contributed by atoms with Gasteiger partial charge in [-0.1, -0.05) is 22.5 Å². The van der Waals surface area contributed by atoms with E-state index >= 15 is 0 Å². The molecule has 1 aromatic heterocycles. The molecule has 0 atom stereocenters. The Morgan fingerprint density at radius 1 is 1.85 bits per heavy atom. The van der Waals surface area contributed by atoms with Crippen LogP contribution in [0.15, 0.2) is 22.2 Å². The van der Waals surface area contributed by atoms with Gasteiger partial charge in [0.1, 0.15) is 0 Å². The molecule has 0 fully saturated rings. The van der Waals surface area contributed by atoms with Crippen molar-refractivity contribution in [2.75, 3.05) is 0 Å². The van der Waals surface area contributed by atoms with Gasteiger partial charge in [0.05, 0.1) is 22.1 Å². The Bertz CT molecular complexity index is 400. The summed E-state index contributed by atoms with van der Waals surface area (Å²) in [7, 11) is 0. The third kappa shape index (κ3) is 2.63. The van der Waals surface area contributed by atoms with E-state index in [1.165, 1.54) is 10.9 Å². The van der Waals surface area contributed by atoms with Gasteiger partial charge < -0.3 is 0 Å². The Morgan fingerprint density at radius 2 is 2.46 bits per heavy atom. The first-order chi connectivity index (χ1) is 6.02. The fraction of sp³-hybridized carbons (Fsp3) is 0.250. The van der Waals surface area contributed by atoms with E-state index in [9.17, 15) is 4.79 Å². The Hall–Kier alpha value is -0.170. The maximum atomic E-state index is 11.6. The Kier molecular flexibility index (Phi) is 3.66. The third-order valence-electron chi connectivity index (χ3n) is 1.50. The van der Waals surface area contributed by atoms with Crippen LogP contribution in [0.5, 0.6) is 0 Å². The average molecular weight is 355 g/mol. The molecule has 1 heterocycles. The number of nitrogens with zero attached hydrogens (tertiary/aromatic N) is 2. The topological polar surface area (TPSA) is 34.9 Å². The van der Waals surface area contributed by atoms with E-state index < -0.39 is 0 Å². The Balaban J connectivity index is 3.19.